The van der Waals surface area contributed by atoms with Crippen molar-refractivity contribution in [1.82, 2.24) is 4.90 Å². The number of imide groups is 1. The van der Waals surface area contributed by atoms with Crippen molar-refractivity contribution >= 4 is 18.0 Å². The topological polar surface area (TPSA) is 119 Å². The zero-order chi connectivity index (χ0) is 20.7. The number of aliphatic carboxylic acids is 1. The summed E-state index contributed by atoms with van der Waals surface area (Å²) in [6.45, 7) is 6.77. The van der Waals surface area contributed by atoms with Gasteiger partial charge in [-0.15, -0.1) is 0 Å². The number of ether oxygens (including phenoxy) is 2. The first-order chi connectivity index (χ1) is 12.6. The zero-order valence-corrected chi connectivity index (χ0v) is 16.3. The van der Waals surface area contributed by atoms with Gasteiger partial charge in [0.15, 0.2) is 0 Å². The fraction of sp³-hybridized carbons (Fsp3) is 0.526. The van der Waals surface area contributed by atoms with Crippen molar-refractivity contribution in [2.24, 2.45) is 11.7 Å². The van der Waals surface area contributed by atoms with E-state index in [0.29, 0.717) is 11.3 Å². The normalized spacial score (nSPS) is 13.2. The maximum atomic E-state index is 12.9. The van der Waals surface area contributed by atoms with Crippen molar-refractivity contribution in [2.45, 2.75) is 52.3 Å². The molecule has 150 valence electrons. The molecule has 3 N–H and O–H groups in total. The highest BCUT2D eigenvalue weighted by molar-refractivity contribution is 5.96. The first kappa shape index (κ1) is 22.4. The van der Waals surface area contributed by atoms with Crippen LogP contribution in [0.25, 0.3) is 0 Å². The van der Waals surface area contributed by atoms with Gasteiger partial charge in [0, 0.05) is 0 Å². The van der Waals surface area contributed by atoms with E-state index in [9.17, 15) is 19.5 Å². The molecule has 1 aromatic carbocycles. The first-order valence-electron chi connectivity index (χ1n) is 8.73. The second-order valence-electron chi connectivity index (χ2n) is 6.80. The van der Waals surface area contributed by atoms with Crippen LogP contribution in [-0.2, 0) is 14.3 Å². The van der Waals surface area contributed by atoms with E-state index in [-0.39, 0.29) is 5.92 Å². The largest absolute Gasteiger partial charge is 0.497 e. The third-order valence-corrected chi connectivity index (χ3v) is 3.95. The molecule has 0 aliphatic carbocycles. The Bertz CT molecular complexity index is 657. The van der Waals surface area contributed by atoms with E-state index in [0.717, 1.165) is 4.90 Å². The van der Waals surface area contributed by atoms with E-state index in [1.807, 2.05) is 0 Å². The predicted molar refractivity (Wildman–Crippen MR) is 99.3 cm³/mol. The summed E-state index contributed by atoms with van der Waals surface area (Å²) >= 11 is 0. The Morgan fingerprint density at radius 2 is 1.67 bits per heavy atom. The molecule has 0 aromatic heterocycles. The number of carboxylic acid groups (broad SMARTS) is 1. The van der Waals surface area contributed by atoms with Gasteiger partial charge in [0.25, 0.3) is 0 Å². The Morgan fingerprint density at radius 3 is 2.07 bits per heavy atom. The summed E-state index contributed by atoms with van der Waals surface area (Å²) in [7, 11) is 1.50. The van der Waals surface area contributed by atoms with Crippen molar-refractivity contribution in [3.05, 3.63) is 29.8 Å². The van der Waals surface area contributed by atoms with Crippen molar-refractivity contribution in [2.75, 3.05) is 7.11 Å². The van der Waals surface area contributed by atoms with Crippen molar-refractivity contribution < 1.29 is 29.0 Å². The molecule has 2 atom stereocenters. The SMILES string of the molecule is COc1ccc(C(CC(=O)O)N(C(=O)OC(C)C)C(=O)[C@@H](N)C(C)C)cc1. The van der Waals surface area contributed by atoms with Crippen LogP contribution < -0.4 is 10.5 Å². The number of amides is 2. The molecule has 0 bridgehead atoms. The maximum Gasteiger partial charge on any atom is 0.417 e. The molecule has 8 nitrogen and oxygen atoms in total. The molecule has 1 unspecified atom stereocenters. The van der Waals surface area contributed by atoms with Gasteiger partial charge in [0.05, 0.1) is 31.7 Å². The Kier molecular flexibility index (Phi) is 8.24. The number of carbonyl (C=O) groups excluding carboxylic acids is 2. The number of hydrogen-bond acceptors (Lipinski definition) is 6. The molecule has 1 rings (SSSR count). The predicted octanol–water partition coefficient (Wildman–Crippen LogP) is 2.57. The minimum Gasteiger partial charge on any atom is -0.497 e. The molecule has 8 heteroatoms. The Labute approximate surface area is 159 Å². The van der Waals surface area contributed by atoms with Gasteiger partial charge in [0.2, 0.25) is 5.91 Å². The quantitative estimate of drug-likeness (QED) is 0.711. The number of hydrogen-bond donors (Lipinski definition) is 2. The van der Waals surface area contributed by atoms with Crippen LogP contribution in [0.15, 0.2) is 24.3 Å². The molecule has 0 radical (unpaired) electrons. The molecule has 0 aliphatic heterocycles. The molecule has 27 heavy (non-hydrogen) atoms. The van der Waals surface area contributed by atoms with Crippen LogP contribution in [0.4, 0.5) is 4.79 Å². The lowest BCUT2D eigenvalue weighted by atomic mass is 9.98. The van der Waals surface area contributed by atoms with E-state index in [4.69, 9.17) is 15.2 Å². The van der Waals surface area contributed by atoms with Crippen LogP contribution in [-0.4, -0.2) is 47.2 Å². The minimum absolute atomic E-state index is 0.242. The molecule has 0 fully saturated rings. The first-order valence-corrected chi connectivity index (χ1v) is 8.73. The molecule has 1 aromatic rings. The van der Waals surface area contributed by atoms with Crippen LogP contribution in [0, 0.1) is 5.92 Å². The van der Waals surface area contributed by atoms with E-state index < -0.39 is 42.6 Å². The van der Waals surface area contributed by atoms with Gasteiger partial charge in [-0.25, -0.2) is 9.69 Å². The summed E-state index contributed by atoms with van der Waals surface area (Å²) in [6, 6.07) is 4.44. The van der Waals surface area contributed by atoms with Gasteiger partial charge in [-0.2, -0.15) is 0 Å². The third kappa shape index (κ3) is 6.25. The lowest BCUT2D eigenvalue weighted by molar-refractivity contribution is -0.140. The summed E-state index contributed by atoms with van der Waals surface area (Å²) in [5.74, 6) is -1.52. The number of rotatable bonds is 8. The smallest absolute Gasteiger partial charge is 0.417 e. The standard InChI is InChI=1S/C19H28N2O6/c1-11(2)17(20)18(24)21(19(25)27-12(3)4)15(10-16(22)23)13-6-8-14(26-5)9-7-13/h6-9,11-12,15,17H,10,20H2,1-5H3,(H,22,23)/t15?,17-/m0/s1. The lowest BCUT2D eigenvalue weighted by Crippen LogP contribution is -2.51. The number of benzene rings is 1. The maximum absolute atomic E-state index is 12.9. The Balaban J connectivity index is 3.40. The second-order valence-corrected chi connectivity index (χ2v) is 6.80. The summed E-state index contributed by atoms with van der Waals surface area (Å²) in [4.78, 5) is 37.8. The minimum atomic E-state index is -1.16. The van der Waals surface area contributed by atoms with Gasteiger partial charge < -0.3 is 20.3 Å². The van der Waals surface area contributed by atoms with Gasteiger partial charge in [-0.05, 0) is 37.5 Å². The van der Waals surface area contributed by atoms with Gasteiger partial charge >= 0.3 is 12.1 Å². The summed E-state index contributed by atoms with van der Waals surface area (Å²) in [5.41, 5.74) is 6.42. The number of nitrogens with two attached hydrogens (primary N) is 1. The second kappa shape index (κ2) is 9.91. The molecule has 0 spiro atoms. The van der Waals surface area contributed by atoms with Gasteiger partial charge in [-0.1, -0.05) is 26.0 Å². The number of nitrogens with zero attached hydrogens (tertiary/aromatic N) is 1. The number of carboxylic acids is 1. The van der Waals surface area contributed by atoms with Crippen molar-refractivity contribution in [1.29, 1.82) is 0 Å². The van der Waals surface area contributed by atoms with Crippen LogP contribution in [0.1, 0.15) is 45.7 Å². The monoisotopic (exact) mass is 380 g/mol. The van der Waals surface area contributed by atoms with Gasteiger partial charge in [0.1, 0.15) is 5.75 Å². The summed E-state index contributed by atoms with van der Waals surface area (Å²) in [6.07, 6.45) is -1.88. The molecule has 0 heterocycles. The van der Waals surface area contributed by atoms with E-state index in [1.165, 1.54) is 7.11 Å². The molecule has 2 amide bonds. The lowest BCUT2D eigenvalue weighted by Gasteiger charge is -2.32. The fourth-order valence-electron chi connectivity index (χ4n) is 2.42. The zero-order valence-electron chi connectivity index (χ0n) is 16.3. The highest BCUT2D eigenvalue weighted by Gasteiger charge is 2.37. The van der Waals surface area contributed by atoms with E-state index in [1.54, 1.807) is 52.0 Å². The van der Waals surface area contributed by atoms with E-state index in [2.05, 4.69) is 0 Å². The third-order valence-electron chi connectivity index (χ3n) is 3.95. The summed E-state index contributed by atoms with van der Waals surface area (Å²) < 4.78 is 10.3. The number of carbonyl (C=O) groups is 3. The average Bonchev–Trinajstić information content (AvgIpc) is 2.59. The average molecular weight is 380 g/mol. The van der Waals surface area contributed by atoms with Crippen LogP contribution in [0.3, 0.4) is 0 Å². The van der Waals surface area contributed by atoms with E-state index >= 15 is 0 Å². The molecular weight excluding hydrogens is 352 g/mol. The van der Waals surface area contributed by atoms with Crippen LogP contribution in [0.5, 0.6) is 5.75 Å². The number of methoxy groups -OCH3 is 1. The molecule has 0 aliphatic rings. The fourth-order valence-corrected chi connectivity index (χ4v) is 2.42. The Morgan fingerprint density at radius 1 is 1.11 bits per heavy atom. The van der Waals surface area contributed by atoms with Crippen LogP contribution in [0.2, 0.25) is 0 Å². The van der Waals surface area contributed by atoms with Crippen molar-refractivity contribution in [3.8, 4) is 5.75 Å². The van der Waals surface area contributed by atoms with Gasteiger partial charge in [-0.3, -0.25) is 9.59 Å². The summed E-state index contributed by atoms with van der Waals surface area (Å²) in [5, 5.41) is 9.34. The highest BCUT2D eigenvalue weighted by atomic mass is 16.6. The molecular formula is C19H28N2O6. The van der Waals surface area contributed by atoms with Crippen molar-refractivity contribution in [3.63, 3.8) is 0 Å². The highest BCUT2D eigenvalue weighted by Crippen LogP contribution is 2.28. The molecule has 0 saturated carbocycles. The molecule has 0 saturated heterocycles. The Hall–Kier alpha value is -2.61. The van der Waals surface area contributed by atoms with Crippen LogP contribution >= 0.6 is 0 Å².